The summed E-state index contributed by atoms with van der Waals surface area (Å²) in [5, 5.41) is 3.62. The average molecular weight is 375 g/mol. The molecule has 1 atom stereocenters. The van der Waals surface area contributed by atoms with Gasteiger partial charge in [0, 0.05) is 15.0 Å². The number of unbranched alkanes of at least 4 members (excludes halogenated alkanes) is 1. The largest absolute Gasteiger partial charge is 0.310 e. The second kappa shape index (κ2) is 8.89. The van der Waals surface area contributed by atoms with Crippen LogP contribution in [0.2, 0.25) is 0 Å². The van der Waals surface area contributed by atoms with Crippen molar-refractivity contribution in [3.63, 3.8) is 0 Å². The van der Waals surface area contributed by atoms with E-state index in [2.05, 4.69) is 68.9 Å². The molecule has 0 fully saturated rings. The maximum Gasteiger partial charge on any atom is 0.0321 e. The first kappa shape index (κ1) is 15.9. The van der Waals surface area contributed by atoms with E-state index < -0.39 is 0 Å². The number of halogens is 2. The number of hydrogen-bond acceptors (Lipinski definition) is 1. The lowest BCUT2D eigenvalue weighted by Crippen LogP contribution is -2.22. The molecule has 1 aromatic rings. The van der Waals surface area contributed by atoms with E-state index in [0.717, 1.165) is 34.8 Å². The van der Waals surface area contributed by atoms with Crippen molar-refractivity contribution in [2.75, 3.05) is 6.54 Å². The van der Waals surface area contributed by atoms with E-state index in [1.165, 1.54) is 12.0 Å². The molecule has 1 N–H and O–H groups in total. The van der Waals surface area contributed by atoms with Crippen molar-refractivity contribution in [2.24, 2.45) is 0 Å². The Morgan fingerprint density at radius 2 is 1.94 bits per heavy atom. The average Bonchev–Trinajstić information content (AvgIpc) is 2.32. The third kappa shape index (κ3) is 5.68. The molecule has 1 unspecified atom stereocenters. The van der Waals surface area contributed by atoms with Crippen molar-refractivity contribution in [1.82, 2.24) is 5.32 Å². The normalized spacial score (nSPS) is 12.4. The molecule has 1 nitrogen and oxygen atoms in total. The minimum atomic E-state index is 0.429. The minimum Gasteiger partial charge on any atom is -0.310 e. The molecule has 0 heterocycles. The molecule has 1 aromatic carbocycles. The summed E-state index contributed by atoms with van der Waals surface area (Å²) < 4.78 is 2.25. The lowest BCUT2D eigenvalue weighted by Gasteiger charge is -2.19. The number of hydrogen-bond donors (Lipinski definition) is 1. The zero-order valence-corrected chi connectivity index (χ0v) is 14.1. The predicted octanol–water partition coefficient (Wildman–Crippen LogP) is 5.61. The summed E-state index contributed by atoms with van der Waals surface area (Å²) in [7, 11) is 0. The summed E-state index contributed by atoms with van der Waals surface area (Å²) in [6, 6.07) is 6.90. The topological polar surface area (TPSA) is 12.0 Å². The van der Waals surface area contributed by atoms with E-state index in [1.54, 1.807) is 0 Å². The monoisotopic (exact) mass is 373 g/mol. The molecule has 0 aliphatic rings. The molecule has 3 heteroatoms. The molecule has 0 spiro atoms. The Kier molecular flexibility index (Phi) is 7.87. The Labute approximate surface area is 127 Å². The summed E-state index contributed by atoms with van der Waals surface area (Å²) in [4.78, 5) is 0. The fraction of sp³-hybridized carbons (Fsp3) is 0.467. The highest BCUT2D eigenvalue weighted by Gasteiger charge is 2.11. The maximum atomic E-state index is 3.79. The molecule has 0 aliphatic heterocycles. The Bertz CT molecular complexity index is 357. The zero-order valence-electron chi connectivity index (χ0n) is 10.9. The Hall–Kier alpha value is -0.120. The standard InChI is InChI=1S/C15H21Br2N/c1-3-5-6-7-15(18-8-4-2)12-9-13(16)11-14(17)10-12/h3,9-11,15,18H,1,4-8H2,2H3. The van der Waals surface area contributed by atoms with Gasteiger partial charge in [0.25, 0.3) is 0 Å². The molecule has 18 heavy (non-hydrogen) atoms. The Balaban J connectivity index is 2.75. The van der Waals surface area contributed by atoms with Gasteiger partial charge in [-0.15, -0.1) is 6.58 Å². The molecule has 0 aliphatic carbocycles. The van der Waals surface area contributed by atoms with E-state index in [0.29, 0.717) is 6.04 Å². The third-order valence-electron chi connectivity index (χ3n) is 2.83. The van der Waals surface area contributed by atoms with Crippen LogP contribution in [0.15, 0.2) is 39.8 Å². The van der Waals surface area contributed by atoms with Gasteiger partial charge < -0.3 is 5.32 Å². The van der Waals surface area contributed by atoms with Gasteiger partial charge >= 0.3 is 0 Å². The molecule has 0 amide bonds. The number of rotatable bonds is 8. The van der Waals surface area contributed by atoms with Crippen LogP contribution in [0.1, 0.15) is 44.2 Å². The maximum absolute atomic E-state index is 3.79. The van der Waals surface area contributed by atoms with Gasteiger partial charge in [0.2, 0.25) is 0 Å². The summed E-state index contributed by atoms with van der Waals surface area (Å²) in [5.74, 6) is 0. The van der Waals surface area contributed by atoms with Crippen LogP contribution in [0.3, 0.4) is 0 Å². The van der Waals surface area contributed by atoms with Gasteiger partial charge in [-0.25, -0.2) is 0 Å². The van der Waals surface area contributed by atoms with Crippen molar-refractivity contribution >= 4 is 31.9 Å². The lowest BCUT2D eigenvalue weighted by atomic mass is 10.0. The Morgan fingerprint density at radius 3 is 2.50 bits per heavy atom. The summed E-state index contributed by atoms with van der Waals surface area (Å²) in [6.45, 7) is 7.04. The summed E-state index contributed by atoms with van der Waals surface area (Å²) >= 11 is 7.11. The number of allylic oxidation sites excluding steroid dienone is 1. The van der Waals surface area contributed by atoms with E-state index in [1.807, 2.05) is 6.08 Å². The molecule has 0 saturated carbocycles. The summed E-state index contributed by atoms with van der Waals surface area (Å²) in [6.07, 6.45) is 6.56. The highest BCUT2D eigenvalue weighted by Crippen LogP contribution is 2.27. The van der Waals surface area contributed by atoms with Crippen LogP contribution >= 0.6 is 31.9 Å². The molecule has 0 aromatic heterocycles. The number of nitrogens with one attached hydrogen (secondary N) is 1. The van der Waals surface area contributed by atoms with E-state index in [9.17, 15) is 0 Å². The molecule has 1 rings (SSSR count). The molecule has 0 saturated heterocycles. The van der Waals surface area contributed by atoms with Crippen molar-refractivity contribution in [1.29, 1.82) is 0 Å². The second-order valence-corrected chi connectivity index (χ2v) is 6.26. The third-order valence-corrected chi connectivity index (χ3v) is 3.74. The van der Waals surface area contributed by atoms with E-state index in [-0.39, 0.29) is 0 Å². The van der Waals surface area contributed by atoms with Crippen LogP contribution in [-0.2, 0) is 0 Å². The molecule has 0 bridgehead atoms. The van der Waals surface area contributed by atoms with E-state index >= 15 is 0 Å². The predicted molar refractivity (Wildman–Crippen MR) is 86.9 cm³/mol. The molecule has 100 valence electrons. The van der Waals surface area contributed by atoms with Crippen molar-refractivity contribution < 1.29 is 0 Å². The smallest absolute Gasteiger partial charge is 0.0321 e. The SMILES string of the molecule is C=CCCCC(NCCC)c1cc(Br)cc(Br)c1. The summed E-state index contributed by atoms with van der Waals surface area (Å²) in [5.41, 5.74) is 1.34. The molecular formula is C15H21Br2N. The van der Waals surface area contributed by atoms with Gasteiger partial charge in [0.1, 0.15) is 0 Å². The first-order chi connectivity index (χ1) is 8.67. The van der Waals surface area contributed by atoms with Crippen LogP contribution in [0.4, 0.5) is 0 Å². The Morgan fingerprint density at radius 1 is 1.28 bits per heavy atom. The minimum absolute atomic E-state index is 0.429. The first-order valence-corrected chi connectivity index (χ1v) is 8.06. The fourth-order valence-corrected chi connectivity index (χ4v) is 3.28. The van der Waals surface area contributed by atoms with Crippen LogP contribution < -0.4 is 5.32 Å². The van der Waals surface area contributed by atoms with Gasteiger partial charge in [0.05, 0.1) is 0 Å². The highest BCUT2D eigenvalue weighted by molar-refractivity contribution is 9.11. The zero-order chi connectivity index (χ0) is 13.4. The van der Waals surface area contributed by atoms with Gasteiger partial charge in [-0.1, -0.05) is 44.9 Å². The van der Waals surface area contributed by atoms with Crippen molar-refractivity contribution in [3.05, 3.63) is 45.4 Å². The number of benzene rings is 1. The van der Waals surface area contributed by atoms with Gasteiger partial charge in [-0.3, -0.25) is 0 Å². The van der Waals surface area contributed by atoms with Crippen LogP contribution in [0.5, 0.6) is 0 Å². The lowest BCUT2D eigenvalue weighted by molar-refractivity contribution is 0.486. The highest BCUT2D eigenvalue weighted by atomic mass is 79.9. The second-order valence-electron chi connectivity index (χ2n) is 4.43. The molecular weight excluding hydrogens is 354 g/mol. The van der Waals surface area contributed by atoms with Crippen LogP contribution in [0.25, 0.3) is 0 Å². The van der Waals surface area contributed by atoms with Gasteiger partial charge in [-0.2, -0.15) is 0 Å². The quantitative estimate of drug-likeness (QED) is 0.460. The van der Waals surface area contributed by atoms with Gasteiger partial charge in [0.15, 0.2) is 0 Å². The van der Waals surface area contributed by atoms with Crippen LogP contribution in [0, 0.1) is 0 Å². The van der Waals surface area contributed by atoms with Crippen molar-refractivity contribution in [3.8, 4) is 0 Å². The van der Waals surface area contributed by atoms with Crippen molar-refractivity contribution in [2.45, 2.75) is 38.6 Å². The van der Waals surface area contributed by atoms with Crippen LogP contribution in [-0.4, -0.2) is 6.54 Å². The first-order valence-electron chi connectivity index (χ1n) is 6.47. The fourth-order valence-electron chi connectivity index (χ4n) is 1.95. The molecule has 0 radical (unpaired) electrons. The van der Waals surface area contributed by atoms with E-state index in [4.69, 9.17) is 0 Å². The van der Waals surface area contributed by atoms with Gasteiger partial charge in [-0.05, 0) is 56.0 Å².